The van der Waals surface area contributed by atoms with Gasteiger partial charge in [0.25, 0.3) is 0 Å². The van der Waals surface area contributed by atoms with Crippen LogP contribution in [0.25, 0.3) is 5.69 Å². The van der Waals surface area contributed by atoms with Crippen LogP contribution >= 0.6 is 11.8 Å². The SMILES string of the molecule is CSc1ccc(-n2ccc(CN)n2)cc1. The number of nitrogens with two attached hydrogens (primary N) is 1. The van der Waals surface area contributed by atoms with E-state index in [1.165, 1.54) is 4.90 Å². The van der Waals surface area contributed by atoms with Crippen molar-refractivity contribution in [1.82, 2.24) is 9.78 Å². The van der Waals surface area contributed by atoms with E-state index in [9.17, 15) is 0 Å². The van der Waals surface area contributed by atoms with Crippen LogP contribution in [-0.4, -0.2) is 16.0 Å². The Kier molecular flexibility index (Phi) is 3.08. The first-order valence-electron chi connectivity index (χ1n) is 4.72. The van der Waals surface area contributed by atoms with E-state index < -0.39 is 0 Å². The fourth-order valence-corrected chi connectivity index (χ4v) is 1.76. The predicted octanol–water partition coefficient (Wildman–Crippen LogP) is 2.05. The Morgan fingerprint density at radius 1 is 1.27 bits per heavy atom. The highest BCUT2D eigenvalue weighted by atomic mass is 32.2. The lowest BCUT2D eigenvalue weighted by molar-refractivity contribution is 0.833. The van der Waals surface area contributed by atoms with Gasteiger partial charge in [-0.25, -0.2) is 4.68 Å². The van der Waals surface area contributed by atoms with Crippen LogP contribution in [0.3, 0.4) is 0 Å². The third-order valence-corrected chi connectivity index (χ3v) is 2.93. The molecule has 1 heterocycles. The van der Waals surface area contributed by atoms with Crippen molar-refractivity contribution in [3.05, 3.63) is 42.2 Å². The summed E-state index contributed by atoms with van der Waals surface area (Å²) in [4.78, 5) is 1.25. The van der Waals surface area contributed by atoms with Gasteiger partial charge in [-0.1, -0.05) is 0 Å². The van der Waals surface area contributed by atoms with Crippen molar-refractivity contribution in [3.63, 3.8) is 0 Å². The Morgan fingerprint density at radius 2 is 2.00 bits per heavy atom. The van der Waals surface area contributed by atoms with Gasteiger partial charge in [0.2, 0.25) is 0 Å². The first-order valence-corrected chi connectivity index (χ1v) is 5.95. The number of hydrogen-bond acceptors (Lipinski definition) is 3. The zero-order valence-corrected chi connectivity index (χ0v) is 9.37. The van der Waals surface area contributed by atoms with E-state index in [-0.39, 0.29) is 0 Å². The molecule has 0 saturated heterocycles. The van der Waals surface area contributed by atoms with Gasteiger partial charge in [-0.2, -0.15) is 5.10 Å². The van der Waals surface area contributed by atoms with Gasteiger partial charge in [0.05, 0.1) is 11.4 Å². The van der Waals surface area contributed by atoms with Crippen LogP contribution < -0.4 is 5.73 Å². The molecule has 2 rings (SSSR count). The Balaban J connectivity index is 2.28. The maximum absolute atomic E-state index is 5.51. The van der Waals surface area contributed by atoms with E-state index in [0.29, 0.717) is 6.54 Å². The summed E-state index contributed by atoms with van der Waals surface area (Å²) in [5.41, 5.74) is 7.48. The predicted molar refractivity (Wildman–Crippen MR) is 63.2 cm³/mol. The Morgan fingerprint density at radius 3 is 2.53 bits per heavy atom. The van der Waals surface area contributed by atoms with Crippen LogP contribution in [0.2, 0.25) is 0 Å². The molecule has 0 spiro atoms. The summed E-state index contributed by atoms with van der Waals surface area (Å²) < 4.78 is 1.84. The van der Waals surface area contributed by atoms with E-state index in [0.717, 1.165) is 11.4 Å². The zero-order chi connectivity index (χ0) is 10.7. The lowest BCUT2D eigenvalue weighted by Crippen LogP contribution is -2.00. The molecule has 0 radical (unpaired) electrons. The van der Waals surface area contributed by atoms with Gasteiger partial charge in [-0.3, -0.25) is 0 Å². The summed E-state index contributed by atoms with van der Waals surface area (Å²) >= 11 is 1.73. The Bertz CT molecular complexity index is 433. The van der Waals surface area contributed by atoms with E-state index in [1.807, 2.05) is 16.9 Å². The molecule has 0 bridgehead atoms. The van der Waals surface area contributed by atoms with Crippen molar-refractivity contribution in [3.8, 4) is 5.69 Å². The third kappa shape index (κ3) is 2.22. The molecule has 4 heteroatoms. The first-order chi connectivity index (χ1) is 7.33. The Hall–Kier alpha value is -1.26. The monoisotopic (exact) mass is 219 g/mol. The molecular weight excluding hydrogens is 206 g/mol. The first kappa shape index (κ1) is 10.3. The van der Waals surface area contributed by atoms with E-state index in [2.05, 4.69) is 35.6 Å². The summed E-state index contributed by atoms with van der Waals surface area (Å²) in [6, 6.07) is 10.2. The summed E-state index contributed by atoms with van der Waals surface area (Å²) in [5.74, 6) is 0. The average molecular weight is 219 g/mol. The Labute approximate surface area is 93.3 Å². The molecule has 1 aromatic heterocycles. The maximum Gasteiger partial charge on any atom is 0.0764 e. The molecule has 0 unspecified atom stereocenters. The largest absolute Gasteiger partial charge is 0.325 e. The molecule has 1 aromatic carbocycles. The second-order valence-electron chi connectivity index (χ2n) is 3.15. The van der Waals surface area contributed by atoms with Gasteiger partial charge in [-0.05, 0) is 36.6 Å². The topological polar surface area (TPSA) is 43.8 Å². The number of thioether (sulfide) groups is 1. The van der Waals surface area contributed by atoms with Crippen molar-refractivity contribution < 1.29 is 0 Å². The van der Waals surface area contributed by atoms with Crippen LogP contribution in [-0.2, 0) is 6.54 Å². The fourth-order valence-electron chi connectivity index (χ4n) is 1.35. The maximum atomic E-state index is 5.51. The molecule has 0 aliphatic carbocycles. The van der Waals surface area contributed by atoms with Crippen molar-refractivity contribution in [2.24, 2.45) is 5.73 Å². The smallest absolute Gasteiger partial charge is 0.0764 e. The standard InChI is InChI=1S/C11H13N3S/c1-15-11-4-2-10(3-5-11)14-7-6-9(8-12)13-14/h2-7H,8,12H2,1H3. The minimum atomic E-state index is 0.482. The highest BCUT2D eigenvalue weighted by Crippen LogP contribution is 2.16. The lowest BCUT2D eigenvalue weighted by Gasteiger charge is -2.02. The van der Waals surface area contributed by atoms with E-state index in [1.54, 1.807) is 11.8 Å². The van der Waals surface area contributed by atoms with Crippen LogP contribution in [0.4, 0.5) is 0 Å². The van der Waals surface area contributed by atoms with Crippen molar-refractivity contribution >= 4 is 11.8 Å². The van der Waals surface area contributed by atoms with Crippen molar-refractivity contribution in [2.45, 2.75) is 11.4 Å². The molecule has 15 heavy (non-hydrogen) atoms. The van der Waals surface area contributed by atoms with Crippen molar-refractivity contribution in [2.75, 3.05) is 6.26 Å². The van der Waals surface area contributed by atoms with Crippen LogP contribution in [0.15, 0.2) is 41.4 Å². The molecule has 78 valence electrons. The van der Waals surface area contributed by atoms with Gasteiger partial charge < -0.3 is 5.73 Å². The second kappa shape index (κ2) is 4.51. The molecule has 0 fully saturated rings. The van der Waals surface area contributed by atoms with Gasteiger partial charge in [0.1, 0.15) is 0 Å². The van der Waals surface area contributed by atoms with E-state index in [4.69, 9.17) is 5.73 Å². The van der Waals surface area contributed by atoms with Crippen LogP contribution in [0.1, 0.15) is 5.69 Å². The highest BCUT2D eigenvalue weighted by Gasteiger charge is 1.99. The number of benzene rings is 1. The van der Waals surface area contributed by atoms with Crippen LogP contribution in [0.5, 0.6) is 0 Å². The molecule has 2 N–H and O–H groups in total. The summed E-state index contributed by atoms with van der Waals surface area (Å²) in [7, 11) is 0. The minimum Gasteiger partial charge on any atom is -0.325 e. The second-order valence-corrected chi connectivity index (χ2v) is 4.03. The van der Waals surface area contributed by atoms with Gasteiger partial charge in [-0.15, -0.1) is 11.8 Å². The number of nitrogens with zero attached hydrogens (tertiary/aromatic N) is 2. The summed E-state index contributed by atoms with van der Waals surface area (Å²) in [6.07, 6.45) is 3.99. The highest BCUT2D eigenvalue weighted by molar-refractivity contribution is 7.98. The van der Waals surface area contributed by atoms with Crippen molar-refractivity contribution in [1.29, 1.82) is 0 Å². The molecule has 0 saturated carbocycles. The van der Waals surface area contributed by atoms with Crippen LogP contribution in [0, 0.1) is 0 Å². The van der Waals surface area contributed by atoms with E-state index >= 15 is 0 Å². The molecule has 0 amide bonds. The number of hydrogen-bond donors (Lipinski definition) is 1. The normalized spacial score (nSPS) is 10.5. The fraction of sp³-hybridized carbons (Fsp3) is 0.182. The average Bonchev–Trinajstić information content (AvgIpc) is 2.78. The number of rotatable bonds is 3. The number of aromatic nitrogens is 2. The quantitative estimate of drug-likeness (QED) is 0.803. The third-order valence-electron chi connectivity index (χ3n) is 2.19. The zero-order valence-electron chi connectivity index (χ0n) is 8.55. The molecule has 0 atom stereocenters. The molecule has 0 aliphatic heterocycles. The minimum absolute atomic E-state index is 0.482. The molecule has 0 aliphatic rings. The molecule has 3 nitrogen and oxygen atoms in total. The molecular formula is C11H13N3S. The van der Waals surface area contributed by atoms with Gasteiger partial charge >= 0.3 is 0 Å². The summed E-state index contributed by atoms with van der Waals surface area (Å²) in [5, 5.41) is 4.34. The van der Waals surface area contributed by atoms with Gasteiger partial charge in [0.15, 0.2) is 0 Å². The summed E-state index contributed by atoms with van der Waals surface area (Å²) in [6.45, 7) is 0.482. The van der Waals surface area contributed by atoms with Gasteiger partial charge in [0, 0.05) is 17.6 Å². The molecule has 2 aromatic rings. The lowest BCUT2D eigenvalue weighted by atomic mass is 10.3.